The lowest BCUT2D eigenvalue weighted by molar-refractivity contribution is -0.128. The molecule has 0 saturated carbocycles. The molecule has 194 valence electrons. The molecule has 9 nitrogen and oxygen atoms in total. The summed E-state index contributed by atoms with van der Waals surface area (Å²) in [6.45, 7) is 2.95. The first-order chi connectivity index (χ1) is 17.0. The fourth-order valence-corrected chi connectivity index (χ4v) is 5.43. The zero-order valence-corrected chi connectivity index (χ0v) is 20.7. The van der Waals surface area contributed by atoms with Gasteiger partial charge in [-0.05, 0) is 54.8 Å². The summed E-state index contributed by atoms with van der Waals surface area (Å²) >= 11 is 0. The lowest BCUT2D eigenvalue weighted by Gasteiger charge is -2.32. The summed E-state index contributed by atoms with van der Waals surface area (Å²) in [6, 6.07) is 7.80. The molecule has 3 rings (SSSR count). The molecular weight excluding hydrogens is 494 g/mol. The summed E-state index contributed by atoms with van der Waals surface area (Å²) in [4.78, 5) is 35.7. The van der Waals surface area contributed by atoms with Crippen LogP contribution in [0.3, 0.4) is 0 Å². The second-order valence-electron chi connectivity index (χ2n) is 8.60. The minimum absolute atomic E-state index is 0.0374. The van der Waals surface area contributed by atoms with Crippen molar-refractivity contribution in [2.75, 3.05) is 18.4 Å². The van der Waals surface area contributed by atoms with E-state index in [1.807, 2.05) is 0 Å². The number of piperidine rings is 1. The third kappa shape index (κ3) is 7.08. The van der Waals surface area contributed by atoms with Crippen molar-refractivity contribution in [3.05, 3.63) is 59.7 Å². The molecule has 1 saturated heterocycles. The maximum Gasteiger partial charge on any atom is 0.243 e. The average Bonchev–Trinajstić information content (AvgIpc) is 2.81. The normalized spacial score (nSPS) is 15.7. The van der Waals surface area contributed by atoms with Crippen molar-refractivity contribution in [2.24, 2.45) is 0 Å². The van der Waals surface area contributed by atoms with E-state index in [1.54, 1.807) is 0 Å². The molecule has 12 heteroatoms. The number of anilines is 1. The topological polar surface area (TPSA) is 125 Å². The van der Waals surface area contributed by atoms with Crippen LogP contribution in [0.1, 0.15) is 32.3 Å². The maximum atomic E-state index is 13.6. The molecule has 3 amide bonds. The van der Waals surface area contributed by atoms with Crippen molar-refractivity contribution in [2.45, 2.75) is 50.1 Å². The van der Waals surface area contributed by atoms with Gasteiger partial charge >= 0.3 is 0 Å². The molecule has 3 N–H and O–H groups in total. The summed E-state index contributed by atoms with van der Waals surface area (Å²) in [5.74, 6) is -3.27. The molecule has 0 aromatic heterocycles. The van der Waals surface area contributed by atoms with E-state index in [0.717, 1.165) is 12.1 Å². The van der Waals surface area contributed by atoms with E-state index in [1.165, 1.54) is 48.5 Å². The Labute approximate surface area is 208 Å². The van der Waals surface area contributed by atoms with Crippen LogP contribution in [0.4, 0.5) is 14.5 Å². The van der Waals surface area contributed by atoms with Crippen molar-refractivity contribution in [3.63, 3.8) is 0 Å². The fraction of sp³-hybridized carbons (Fsp3) is 0.375. The lowest BCUT2D eigenvalue weighted by Crippen LogP contribution is -2.53. The monoisotopic (exact) mass is 522 g/mol. The summed E-state index contributed by atoms with van der Waals surface area (Å²) in [7, 11) is -3.75. The Morgan fingerprint density at radius 2 is 1.61 bits per heavy atom. The number of nitrogens with one attached hydrogen (secondary N) is 3. The molecule has 0 radical (unpaired) electrons. The van der Waals surface area contributed by atoms with Crippen molar-refractivity contribution in [1.29, 1.82) is 0 Å². The van der Waals surface area contributed by atoms with Crippen LogP contribution in [-0.2, 0) is 30.8 Å². The Bertz CT molecular complexity index is 1230. The molecule has 2 aromatic rings. The Morgan fingerprint density at radius 3 is 2.17 bits per heavy atom. The first-order valence-corrected chi connectivity index (χ1v) is 12.8. The highest BCUT2D eigenvalue weighted by atomic mass is 32.2. The summed E-state index contributed by atoms with van der Waals surface area (Å²) < 4.78 is 54.1. The number of sulfonamides is 1. The number of amides is 3. The van der Waals surface area contributed by atoms with Gasteiger partial charge < -0.3 is 16.0 Å². The molecule has 1 atom stereocenters. The van der Waals surface area contributed by atoms with E-state index in [0.29, 0.717) is 24.1 Å². The summed E-state index contributed by atoms with van der Waals surface area (Å²) in [5, 5.41) is 7.93. The molecule has 2 aromatic carbocycles. The van der Waals surface area contributed by atoms with Gasteiger partial charge in [-0.3, -0.25) is 14.4 Å². The van der Waals surface area contributed by atoms with Gasteiger partial charge in [-0.2, -0.15) is 4.31 Å². The SMILES string of the molecule is CC(=O)Nc1ccc(S(=O)(=O)N2CCC(NC(=O)C(Cc3ccc(F)c(F)c3)NC(C)=O)CC2)cc1. The number of hydrogen-bond acceptors (Lipinski definition) is 5. The van der Waals surface area contributed by atoms with Gasteiger partial charge in [-0.15, -0.1) is 0 Å². The van der Waals surface area contributed by atoms with Crippen molar-refractivity contribution in [1.82, 2.24) is 14.9 Å². The van der Waals surface area contributed by atoms with Gasteiger partial charge in [0.25, 0.3) is 0 Å². The summed E-state index contributed by atoms with van der Waals surface area (Å²) in [5.41, 5.74) is 0.827. The molecule has 0 bridgehead atoms. The molecular formula is C24H28F2N4O5S. The standard InChI is InChI=1S/C24H28F2N4O5S/c1-15(31)27-18-4-6-20(7-5-18)36(34,35)30-11-9-19(10-12-30)29-24(33)23(28-16(2)32)14-17-3-8-21(25)22(26)13-17/h3-8,13,19,23H,9-12,14H2,1-2H3,(H,27,31)(H,28,32)(H,29,33). The van der Waals surface area contributed by atoms with Crippen LogP contribution in [0, 0.1) is 11.6 Å². The van der Waals surface area contributed by atoms with E-state index >= 15 is 0 Å². The number of nitrogens with zero attached hydrogens (tertiary/aromatic N) is 1. The Balaban J connectivity index is 1.60. The van der Waals surface area contributed by atoms with Gasteiger partial charge in [0.1, 0.15) is 6.04 Å². The number of halogens is 2. The van der Waals surface area contributed by atoms with Gasteiger partial charge in [-0.25, -0.2) is 17.2 Å². The molecule has 0 aliphatic carbocycles. The third-order valence-corrected chi connectivity index (χ3v) is 7.64. The van der Waals surface area contributed by atoms with Gasteiger partial charge in [-0.1, -0.05) is 6.07 Å². The highest BCUT2D eigenvalue weighted by Gasteiger charge is 2.31. The molecule has 0 spiro atoms. The Kier molecular flexibility index (Phi) is 8.75. The predicted molar refractivity (Wildman–Crippen MR) is 128 cm³/mol. The second kappa shape index (κ2) is 11.6. The highest BCUT2D eigenvalue weighted by Crippen LogP contribution is 2.22. The number of carbonyl (C=O) groups is 3. The minimum atomic E-state index is -3.75. The molecule has 1 unspecified atom stereocenters. The van der Waals surface area contributed by atoms with Gasteiger partial charge in [0, 0.05) is 45.1 Å². The van der Waals surface area contributed by atoms with Crippen LogP contribution in [0.5, 0.6) is 0 Å². The molecule has 1 heterocycles. The van der Waals surface area contributed by atoms with Gasteiger partial charge in [0.05, 0.1) is 4.90 Å². The van der Waals surface area contributed by atoms with Crippen LogP contribution in [-0.4, -0.2) is 55.6 Å². The molecule has 1 aliphatic heterocycles. The zero-order chi connectivity index (χ0) is 26.5. The van der Waals surface area contributed by atoms with E-state index in [-0.39, 0.29) is 36.4 Å². The van der Waals surface area contributed by atoms with Gasteiger partial charge in [0.2, 0.25) is 27.7 Å². The van der Waals surface area contributed by atoms with Crippen molar-refractivity contribution >= 4 is 33.4 Å². The molecule has 1 fully saturated rings. The summed E-state index contributed by atoms with van der Waals surface area (Å²) in [6.07, 6.45) is 0.671. The fourth-order valence-electron chi connectivity index (χ4n) is 3.96. The number of hydrogen-bond donors (Lipinski definition) is 3. The van der Waals surface area contributed by atoms with Crippen molar-refractivity contribution in [3.8, 4) is 0 Å². The predicted octanol–water partition coefficient (Wildman–Crippen LogP) is 1.94. The van der Waals surface area contributed by atoms with Crippen LogP contribution in [0.25, 0.3) is 0 Å². The average molecular weight is 523 g/mol. The lowest BCUT2D eigenvalue weighted by atomic mass is 10.0. The largest absolute Gasteiger partial charge is 0.351 e. The van der Waals surface area contributed by atoms with Crippen LogP contribution in [0.15, 0.2) is 47.4 Å². The smallest absolute Gasteiger partial charge is 0.243 e. The number of rotatable bonds is 8. The van der Waals surface area contributed by atoms with E-state index in [9.17, 15) is 31.6 Å². The first-order valence-electron chi connectivity index (χ1n) is 11.3. The molecule has 1 aliphatic rings. The van der Waals surface area contributed by atoms with Crippen LogP contribution in [0.2, 0.25) is 0 Å². The van der Waals surface area contributed by atoms with Crippen LogP contribution >= 0.6 is 0 Å². The Hall–Kier alpha value is -3.38. The van der Waals surface area contributed by atoms with E-state index in [4.69, 9.17) is 0 Å². The quantitative estimate of drug-likeness (QED) is 0.489. The number of benzene rings is 2. The Morgan fingerprint density at radius 1 is 0.972 bits per heavy atom. The first kappa shape index (κ1) is 27.2. The number of carbonyl (C=O) groups excluding carboxylic acids is 3. The highest BCUT2D eigenvalue weighted by molar-refractivity contribution is 7.89. The van der Waals surface area contributed by atoms with Gasteiger partial charge in [0.15, 0.2) is 11.6 Å². The van der Waals surface area contributed by atoms with E-state index < -0.39 is 39.5 Å². The maximum absolute atomic E-state index is 13.6. The third-order valence-electron chi connectivity index (χ3n) is 5.73. The zero-order valence-electron chi connectivity index (χ0n) is 19.9. The van der Waals surface area contributed by atoms with Crippen LogP contribution < -0.4 is 16.0 Å². The van der Waals surface area contributed by atoms with Crippen molar-refractivity contribution < 1.29 is 31.6 Å². The van der Waals surface area contributed by atoms with E-state index in [2.05, 4.69) is 16.0 Å². The molecule has 36 heavy (non-hydrogen) atoms. The second-order valence-corrected chi connectivity index (χ2v) is 10.5. The minimum Gasteiger partial charge on any atom is -0.351 e.